The fourth-order valence-corrected chi connectivity index (χ4v) is 3.61. The Morgan fingerprint density at radius 2 is 1.69 bits per heavy atom. The molecule has 0 radical (unpaired) electrons. The van der Waals surface area contributed by atoms with E-state index in [1.165, 1.54) is 16.7 Å². The number of carboxylic acids is 1. The van der Waals surface area contributed by atoms with Gasteiger partial charge in [0.05, 0.1) is 6.20 Å². The summed E-state index contributed by atoms with van der Waals surface area (Å²) in [5, 5.41) is 13.0. The van der Waals surface area contributed by atoms with Crippen LogP contribution in [0.15, 0.2) is 30.5 Å². The molecule has 0 aliphatic carbocycles. The second kappa shape index (κ2) is 12.7. The summed E-state index contributed by atoms with van der Waals surface area (Å²) in [6.45, 7) is 10.5. The molecule has 0 spiro atoms. The molecule has 0 bridgehead atoms. The first-order chi connectivity index (χ1) is 17.0. The van der Waals surface area contributed by atoms with Gasteiger partial charge >= 0.3 is 12.1 Å². The van der Waals surface area contributed by atoms with Gasteiger partial charge in [0.15, 0.2) is 5.82 Å². The minimum absolute atomic E-state index is 0.128. The van der Waals surface area contributed by atoms with E-state index >= 15 is 0 Å². The van der Waals surface area contributed by atoms with E-state index in [9.17, 15) is 19.5 Å². The van der Waals surface area contributed by atoms with Gasteiger partial charge in [0.1, 0.15) is 17.5 Å². The number of rotatable bonds is 11. The van der Waals surface area contributed by atoms with Gasteiger partial charge in [-0.25, -0.2) is 14.6 Å². The number of ether oxygens (including phenoxy) is 1. The second-order valence-corrected chi connectivity index (χ2v) is 8.70. The molecule has 0 aliphatic heterocycles. The van der Waals surface area contributed by atoms with Crippen LogP contribution in [-0.4, -0.2) is 77.2 Å². The Morgan fingerprint density at radius 1 is 1.08 bits per heavy atom. The zero-order valence-electron chi connectivity index (χ0n) is 22.0. The lowest BCUT2D eigenvalue weighted by Gasteiger charge is -2.29. The smallest absolute Gasteiger partial charge is 0.414 e. The lowest BCUT2D eigenvalue weighted by molar-refractivity contribution is -0.137. The van der Waals surface area contributed by atoms with Crippen LogP contribution in [0.2, 0.25) is 0 Å². The Hall–Kier alpha value is -3.89. The Morgan fingerprint density at radius 3 is 2.17 bits per heavy atom. The minimum atomic E-state index is -1.08. The molecule has 1 aromatic heterocycles. The van der Waals surface area contributed by atoms with Gasteiger partial charge < -0.3 is 29.9 Å². The number of nitrogens with one attached hydrogen (secondary N) is 1. The monoisotopic (exact) mass is 500 g/mol. The van der Waals surface area contributed by atoms with E-state index in [2.05, 4.69) is 15.3 Å². The quantitative estimate of drug-likeness (QED) is 0.478. The van der Waals surface area contributed by atoms with E-state index < -0.39 is 18.1 Å². The van der Waals surface area contributed by atoms with E-state index in [0.29, 0.717) is 36.0 Å². The molecule has 196 valence electrons. The zero-order valence-corrected chi connectivity index (χ0v) is 22.0. The summed E-state index contributed by atoms with van der Waals surface area (Å²) in [7, 11) is 3.17. The fraction of sp³-hybridized carbons (Fsp3) is 0.480. The number of aliphatic carboxylic acids is 1. The molecule has 0 unspecified atom stereocenters. The van der Waals surface area contributed by atoms with Crippen molar-refractivity contribution in [3.63, 3.8) is 0 Å². The first-order valence-corrected chi connectivity index (χ1v) is 11.9. The molecule has 36 heavy (non-hydrogen) atoms. The lowest BCUT2D eigenvalue weighted by atomic mass is 10.1. The summed E-state index contributed by atoms with van der Waals surface area (Å²) in [5.74, 6) is -0.226. The van der Waals surface area contributed by atoms with Crippen molar-refractivity contribution in [3.05, 3.63) is 36.0 Å². The number of hydrogen-bond donors (Lipinski definition) is 2. The highest BCUT2D eigenvalue weighted by molar-refractivity contribution is 5.95. The van der Waals surface area contributed by atoms with Crippen molar-refractivity contribution in [2.75, 3.05) is 42.3 Å². The van der Waals surface area contributed by atoms with Gasteiger partial charge in [-0.05, 0) is 45.4 Å². The van der Waals surface area contributed by atoms with E-state index in [1.54, 1.807) is 44.6 Å². The summed E-state index contributed by atoms with van der Waals surface area (Å²) in [5.41, 5.74) is 1.12. The van der Waals surface area contributed by atoms with Gasteiger partial charge in [-0.2, -0.15) is 4.98 Å². The summed E-state index contributed by atoms with van der Waals surface area (Å²) in [6, 6.07) is 5.40. The van der Waals surface area contributed by atoms with Crippen molar-refractivity contribution in [2.45, 2.75) is 53.1 Å². The summed E-state index contributed by atoms with van der Waals surface area (Å²) < 4.78 is 5.22. The maximum absolute atomic E-state index is 12.4. The molecule has 0 aliphatic rings. The average molecular weight is 501 g/mol. The summed E-state index contributed by atoms with van der Waals surface area (Å²) in [6.07, 6.45) is 1.17. The van der Waals surface area contributed by atoms with Crippen LogP contribution in [0.4, 0.5) is 22.2 Å². The first-order valence-electron chi connectivity index (χ1n) is 11.9. The number of carboxylic acid groups (broad SMARTS) is 1. The molecule has 2 N–H and O–H groups in total. The van der Waals surface area contributed by atoms with E-state index in [4.69, 9.17) is 4.74 Å². The molecule has 11 nitrogen and oxygen atoms in total. The summed E-state index contributed by atoms with van der Waals surface area (Å²) in [4.78, 5) is 50.2. The minimum Gasteiger partial charge on any atom is -0.480 e. The SMILES string of the molecule is CCN(CC)c1ncc(N(C(C)=O)C(C)C)c(N[C@@H](Cc2ccc(OC(=O)N(C)C)cc2)C(=O)O)n1. The van der Waals surface area contributed by atoms with Crippen molar-refractivity contribution in [1.82, 2.24) is 14.9 Å². The first kappa shape index (κ1) is 28.3. The number of carbonyl (C=O) groups is 3. The van der Waals surface area contributed by atoms with Crippen LogP contribution in [0.5, 0.6) is 5.75 Å². The number of carbonyl (C=O) groups excluding carboxylic acids is 2. The maximum atomic E-state index is 12.4. The molecule has 1 heterocycles. The zero-order chi connectivity index (χ0) is 27.0. The molecule has 0 saturated carbocycles. The Bertz CT molecular complexity index is 1050. The van der Waals surface area contributed by atoms with E-state index in [1.807, 2.05) is 32.6 Å². The lowest BCUT2D eigenvalue weighted by Crippen LogP contribution is -2.38. The van der Waals surface area contributed by atoms with Gasteiger partial charge in [0, 0.05) is 46.6 Å². The predicted molar refractivity (Wildman–Crippen MR) is 139 cm³/mol. The number of benzene rings is 1. The van der Waals surface area contributed by atoms with Gasteiger partial charge in [-0.1, -0.05) is 12.1 Å². The summed E-state index contributed by atoms with van der Waals surface area (Å²) >= 11 is 0. The standard InChI is InChI=1S/C25H36N6O5/c1-8-30(9-2)24-26-15-21(31(16(3)4)17(5)32)22(28-24)27-20(23(33)34)14-18-10-12-19(13-11-18)36-25(35)29(6)7/h10-13,15-16,20H,8-9,14H2,1-7H3,(H,33,34)(H,26,27,28)/t20-/m0/s1. The van der Waals surface area contributed by atoms with Gasteiger partial charge in [-0.3, -0.25) is 4.79 Å². The maximum Gasteiger partial charge on any atom is 0.414 e. The van der Waals surface area contributed by atoms with Gasteiger partial charge in [0.25, 0.3) is 0 Å². The topological polar surface area (TPSA) is 128 Å². The normalized spacial score (nSPS) is 11.6. The van der Waals surface area contributed by atoms with Crippen molar-refractivity contribution < 1.29 is 24.2 Å². The van der Waals surface area contributed by atoms with Crippen molar-refractivity contribution >= 4 is 35.4 Å². The van der Waals surface area contributed by atoms with E-state index in [-0.39, 0.29) is 24.2 Å². The molecular formula is C25H36N6O5. The number of aromatic nitrogens is 2. The largest absolute Gasteiger partial charge is 0.480 e. The Balaban J connectivity index is 2.39. The average Bonchev–Trinajstić information content (AvgIpc) is 2.81. The third kappa shape index (κ3) is 7.30. The predicted octanol–water partition coefficient (Wildman–Crippen LogP) is 3.25. The van der Waals surface area contributed by atoms with Crippen LogP contribution in [0.3, 0.4) is 0 Å². The molecule has 2 rings (SSSR count). The number of hydrogen-bond acceptors (Lipinski definition) is 8. The molecule has 0 fully saturated rings. The van der Waals surface area contributed by atoms with Gasteiger partial charge in [-0.15, -0.1) is 0 Å². The second-order valence-electron chi connectivity index (χ2n) is 8.70. The van der Waals surface area contributed by atoms with Crippen molar-refractivity contribution in [1.29, 1.82) is 0 Å². The van der Waals surface area contributed by atoms with Crippen molar-refractivity contribution in [2.24, 2.45) is 0 Å². The third-order valence-corrected chi connectivity index (χ3v) is 5.46. The highest BCUT2D eigenvalue weighted by Gasteiger charge is 2.26. The highest BCUT2D eigenvalue weighted by atomic mass is 16.6. The Kier molecular flexibility index (Phi) is 10.0. The highest BCUT2D eigenvalue weighted by Crippen LogP contribution is 2.28. The van der Waals surface area contributed by atoms with Crippen LogP contribution in [0.25, 0.3) is 0 Å². The van der Waals surface area contributed by atoms with Crippen LogP contribution < -0.4 is 19.9 Å². The molecule has 0 saturated heterocycles. The van der Waals surface area contributed by atoms with Crippen LogP contribution >= 0.6 is 0 Å². The Labute approximate surface area is 212 Å². The van der Waals surface area contributed by atoms with Crippen LogP contribution in [0, 0.1) is 0 Å². The molecule has 1 atom stereocenters. The third-order valence-electron chi connectivity index (χ3n) is 5.46. The number of nitrogens with zero attached hydrogens (tertiary/aromatic N) is 5. The van der Waals surface area contributed by atoms with Crippen LogP contribution in [0.1, 0.15) is 40.2 Å². The van der Waals surface area contributed by atoms with Crippen molar-refractivity contribution in [3.8, 4) is 5.75 Å². The number of amides is 2. The molecule has 1 aromatic carbocycles. The molecule has 11 heteroatoms. The van der Waals surface area contributed by atoms with Gasteiger partial charge in [0.2, 0.25) is 11.9 Å². The molecular weight excluding hydrogens is 464 g/mol. The van der Waals surface area contributed by atoms with Crippen LogP contribution in [-0.2, 0) is 16.0 Å². The molecule has 2 aromatic rings. The fourth-order valence-electron chi connectivity index (χ4n) is 3.61. The molecule has 2 amide bonds. The number of anilines is 3. The van der Waals surface area contributed by atoms with E-state index in [0.717, 1.165) is 0 Å².